The van der Waals surface area contributed by atoms with Crippen molar-refractivity contribution in [1.29, 1.82) is 0 Å². The maximum absolute atomic E-state index is 5.46. The molecule has 0 bridgehead atoms. The van der Waals surface area contributed by atoms with Crippen molar-refractivity contribution >= 4 is 6.01 Å². The predicted octanol–water partition coefficient (Wildman–Crippen LogP) is 1.15. The van der Waals surface area contributed by atoms with Crippen molar-refractivity contribution in [1.82, 2.24) is 10.2 Å². The zero-order valence-electron chi connectivity index (χ0n) is 9.31. The van der Waals surface area contributed by atoms with Crippen LogP contribution in [0.15, 0.2) is 4.42 Å². The van der Waals surface area contributed by atoms with Crippen molar-refractivity contribution in [3.05, 3.63) is 5.89 Å². The monoisotopic (exact) mass is 210 g/mol. The van der Waals surface area contributed by atoms with Crippen LogP contribution in [0.4, 0.5) is 6.01 Å². The van der Waals surface area contributed by atoms with Crippen LogP contribution < -0.4 is 10.6 Å². The Hall–Kier alpha value is -1.10. The Labute approximate surface area is 89.6 Å². The van der Waals surface area contributed by atoms with E-state index in [1.54, 1.807) is 0 Å². The molecule has 0 unspecified atom stereocenters. The second-order valence-corrected chi connectivity index (χ2v) is 4.37. The van der Waals surface area contributed by atoms with Crippen LogP contribution >= 0.6 is 0 Å². The molecule has 1 saturated carbocycles. The molecule has 0 aliphatic heterocycles. The first-order valence-electron chi connectivity index (χ1n) is 5.49. The van der Waals surface area contributed by atoms with Gasteiger partial charge in [0, 0.05) is 12.6 Å². The van der Waals surface area contributed by atoms with E-state index in [0.29, 0.717) is 24.5 Å². The first-order valence-corrected chi connectivity index (χ1v) is 5.49. The first kappa shape index (κ1) is 10.4. The summed E-state index contributed by atoms with van der Waals surface area (Å²) in [5, 5.41) is 7.90. The number of nitrogens with zero attached hydrogens (tertiary/aromatic N) is 3. The molecule has 1 aromatic heterocycles. The van der Waals surface area contributed by atoms with Gasteiger partial charge in [0.15, 0.2) is 0 Å². The summed E-state index contributed by atoms with van der Waals surface area (Å²) in [4.78, 5) is 2.16. The van der Waals surface area contributed by atoms with E-state index in [0.717, 1.165) is 12.5 Å². The number of nitrogens with two attached hydrogens (primary N) is 1. The Morgan fingerprint density at radius 2 is 2.20 bits per heavy atom. The molecule has 0 aromatic carbocycles. The quantitative estimate of drug-likeness (QED) is 0.789. The molecule has 5 heteroatoms. The van der Waals surface area contributed by atoms with Gasteiger partial charge in [-0.15, -0.1) is 5.10 Å². The maximum Gasteiger partial charge on any atom is 0.318 e. The van der Waals surface area contributed by atoms with E-state index < -0.39 is 0 Å². The van der Waals surface area contributed by atoms with Crippen molar-refractivity contribution in [2.75, 3.05) is 11.4 Å². The summed E-state index contributed by atoms with van der Waals surface area (Å²) in [6.07, 6.45) is 2.64. The summed E-state index contributed by atoms with van der Waals surface area (Å²) in [6.45, 7) is 5.59. The third-order valence-corrected chi connectivity index (χ3v) is 2.65. The van der Waals surface area contributed by atoms with Crippen molar-refractivity contribution in [3.63, 3.8) is 0 Å². The van der Waals surface area contributed by atoms with Crippen LogP contribution in [0.5, 0.6) is 0 Å². The molecule has 2 rings (SSSR count). The highest BCUT2D eigenvalue weighted by molar-refractivity contribution is 5.26. The molecule has 1 aromatic rings. The van der Waals surface area contributed by atoms with Gasteiger partial charge in [0.2, 0.25) is 5.89 Å². The minimum atomic E-state index is 0.308. The number of hydrogen-bond donors (Lipinski definition) is 1. The Morgan fingerprint density at radius 3 is 2.67 bits per heavy atom. The molecule has 0 amide bonds. The van der Waals surface area contributed by atoms with E-state index in [1.165, 1.54) is 12.8 Å². The number of hydrogen-bond acceptors (Lipinski definition) is 5. The van der Waals surface area contributed by atoms with Gasteiger partial charge in [-0.1, -0.05) is 5.10 Å². The van der Waals surface area contributed by atoms with Crippen LogP contribution in [-0.2, 0) is 6.54 Å². The molecule has 15 heavy (non-hydrogen) atoms. The molecule has 0 spiro atoms. The summed E-state index contributed by atoms with van der Waals surface area (Å²) in [7, 11) is 0. The topological polar surface area (TPSA) is 68.2 Å². The molecule has 1 heterocycles. The highest BCUT2D eigenvalue weighted by atomic mass is 16.4. The molecular formula is C10H18N4O. The van der Waals surface area contributed by atoms with E-state index in [1.807, 2.05) is 0 Å². The second kappa shape index (κ2) is 4.18. The molecule has 2 N–H and O–H groups in total. The lowest BCUT2D eigenvalue weighted by molar-refractivity contribution is 0.467. The molecule has 1 aliphatic carbocycles. The average Bonchev–Trinajstić information content (AvgIpc) is 2.91. The Balaban J connectivity index is 2.07. The van der Waals surface area contributed by atoms with Crippen molar-refractivity contribution in [3.8, 4) is 0 Å². The lowest BCUT2D eigenvalue weighted by atomic mass is 10.3. The average molecular weight is 210 g/mol. The standard InChI is InChI=1S/C10H18N4O/c1-7(2)14(6-8-3-4-8)10-13-12-9(5-11)15-10/h7-8H,3-6,11H2,1-2H3. The third kappa shape index (κ3) is 2.47. The number of rotatable bonds is 5. The van der Waals surface area contributed by atoms with Crippen LogP contribution in [0.1, 0.15) is 32.6 Å². The smallest absolute Gasteiger partial charge is 0.318 e. The van der Waals surface area contributed by atoms with Gasteiger partial charge in [-0.3, -0.25) is 0 Å². The van der Waals surface area contributed by atoms with Gasteiger partial charge in [0.25, 0.3) is 0 Å². The minimum Gasteiger partial charge on any atom is -0.407 e. The minimum absolute atomic E-state index is 0.308. The normalized spacial score (nSPS) is 16.0. The zero-order valence-corrected chi connectivity index (χ0v) is 9.31. The van der Waals surface area contributed by atoms with E-state index >= 15 is 0 Å². The van der Waals surface area contributed by atoms with E-state index in [-0.39, 0.29) is 0 Å². The fourth-order valence-electron chi connectivity index (χ4n) is 1.53. The van der Waals surface area contributed by atoms with Crippen LogP contribution in [-0.4, -0.2) is 22.8 Å². The van der Waals surface area contributed by atoms with E-state index in [9.17, 15) is 0 Å². The summed E-state index contributed by atoms with van der Waals surface area (Å²) < 4.78 is 5.46. The second-order valence-electron chi connectivity index (χ2n) is 4.37. The molecular weight excluding hydrogens is 192 g/mol. The predicted molar refractivity (Wildman–Crippen MR) is 57.4 cm³/mol. The number of anilines is 1. The Morgan fingerprint density at radius 1 is 1.47 bits per heavy atom. The largest absolute Gasteiger partial charge is 0.407 e. The third-order valence-electron chi connectivity index (χ3n) is 2.65. The van der Waals surface area contributed by atoms with Gasteiger partial charge in [-0.2, -0.15) is 0 Å². The summed E-state index contributed by atoms with van der Waals surface area (Å²) >= 11 is 0. The molecule has 0 atom stereocenters. The molecule has 1 fully saturated rings. The fourth-order valence-corrected chi connectivity index (χ4v) is 1.53. The van der Waals surface area contributed by atoms with Crippen molar-refractivity contribution < 1.29 is 4.42 Å². The fraction of sp³-hybridized carbons (Fsp3) is 0.800. The lowest BCUT2D eigenvalue weighted by Gasteiger charge is -2.23. The molecule has 84 valence electrons. The highest BCUT2D eigenvalue weighted by Gasteiger charge is 2.28. The number of aromatic nitrogens is 2. The van der Waals surface area contributed by atoms with Gasteiger partial charge in [-0.05, 0) is 32.6 Å². The Bertz CT molecular complexity index is 319. The SMILES string of the molecule is CC(C)N(CC1CC1)c1nnc(CN)o1. The Kier molecular flexibility index (Phi) is 2.90. The van der Waals surface area contributed by atoms with Crippen LogP contribution in [0.2, 0.25) is 0 Å². The van der Waals surface area contributed by atoms with Gasteiger partial charge < -0.3 is 15.1 Å². The maximum atomic E-state index is 5.46. The van der Waals surface area contributed by atoms with Crippen LogP contribution in [0, 0.1) is 5.92 Å². The van der Waals surface area contributed by atoms with Gasteiger partial charge in [0.1, 0.15) is 0 Å². The van der Waals surface area contributed by atoms with Crippen LogP contribution in [0.3, 0.4) is 0 Å². The van der Waals surface area contributed by atoms with Gasteiger partial charge >= 0.3 is 6.01 Å². The summed E-state index contributed by atoms with van der Waals surface area (Å²) in [5.41, 5.74) is 5.44. The van der Waals surface area contributed by atoms with Gasteiger partial charge in [0.05, 0.1) is 6.54 Å². The first-order chi connectivity index (χ1) is 7.20. The van der Waals surface area contributed by atoms with Crippen molar-refractivity contribution in [2.45, 2.75) is 39.3 Å². The van der Waals surface area contributed by atoms with Crippen molar-refractivity contribution in [2.24, 2.45) is 11.7 Å². The molecule has 0 saturated heterocycles. The highest BCUT2D eigenvalue weighted by Crippen LogP contribution is 2.31. The van der Waals surface area contributed by atoms with E-state index in [2.05, 4.69) is 28.9 Å². The zero-order chi connectivity index (χ0) is 10.8. The van der Waals surface area contributed by atoms with Crippen LogP contribution in [0.25, 0.3) is 0 Å². The van der Waals surface area contributed by atoms with Gasteiger partial charge in [-0.25, -0.2) is 0 Å². The lowest BCUT2D eigenvalue weighted by Crippen LogP contribution is -2.33. The van der Waals surface area contributed by atoms with E-state index in [4.69, 9.17) is 10.2 Å². The molecule has 5 nitrogen and oxygen atoms in total. The summed E-state index contributed by atoms with van der Waals surface area (Å²) in [5.74, 6) is 1.31. The molecule has 1 aliphatic rings. The molecule has 0 radical (unpaired) electrons. The summed E-state index contributed by atoms with van der Waals surface area (Å²) in [6, 6.07) is 0.994.